The molecule has 8 nitrogen and oxygen atoms in total. The van der Waals surface area contributed by atoms with Gasteiger partial charge in [0, 0.05) is 44.8 Å². The zero-order valence-electron chi connectivity index (χ0n) is 12.7. The van der Waals surface area contributed by atoms with E-state index in [1.807, 2.05) is 16.9 Å². The van der Waals surface area contributed by atoms with Crippen molar-refractivity contribution in [2.75, 3.05) is 37.6 Å². The minimum atomic E-state index is 0.588. The molecule has 0 aliphatic carbocycles. The topological polar surface area (TPSA) is 88.5 Å². The average molecular weight is 379 g/mol. The molecule has 0 radical (unpaired) electrons. The van der Waals surface area contributed by atoms with Crippen LogP contribution in [0.2, 0.25) is 0 Å². The summed E-state index contributed by atoms with van der Waals surface area (Å²) in [7, 11) is 0. The largest absolute Gasteiger partial charge is 0.370 e. The maximum atomic E-state index is 6.09. The fourth-order valence-electron chi connectivity index (χ4n) is 2.42. The van der Waals surface area contributed by atoms with E-state index in [1.165, 1.54) is 0 Å². The van der Waals surface area contributed by atoms with Gasteiger partial charge in [-0.25, -0.2) is 9.97 Å². The standard InChI is InChI=1S/C14H19BrN8/c15-12-10-20-23(11-12)5-4-17-13(16)21-6-8-22(9-7-21)14-18-2-1-3-19-14/h1-3,10-11H,4-9H2,(H2,16,17). The highest BCUT2D eigenvalue weighted by Crippen LogP contribution is 2.09. The van der Waals surface area contributed by atoms with Crippen molar-refractivity contribution in [1.82, 2.24) is 24.6 Å². The Morgan fingerprint density at radius 1 is 1.22 bits per heavy atom. The number of aromatic nitrogens is 4. The first-order valence-electron chi connectivity index (χ1n) is 7.47. The Bertz CT molecular complexity index is 648. The number of guanidine groups is 1. The molecule has 2 N–H and O–H groups in total. The number of halogens is 1. The predicted octanol–water partition coefficient (Wildman–Crippen LogP) is 0.572. The summed E-state index contributed by atoms with van der Waals surface area (Å²) < 4.78 is 2.81. The van der Waals surface area contributed by atoms with Crippen LogP contribution in [0.5, 0.6) is 0 Å². The number of piperazine rings is 1. The Morgan fingerprint density at radius 2 is 1.96 bits per heavy atom. The smallest absolute Gasteiger partial charge is 0.225 e. The van der Waals surface area contributed by atoms with Gasteiger partial charge in [0.25, 0.3) is 0 Å². The Labute approximate surface area is 143 Å². The SMILES string of the molecule is NC(=NCCn1cc(Br)cn1)N1CCN(c2ncccn2)CC1. The summed E-state index contributed by atoms with van der Waals surface area (Å²) in [4.78, 5) is 17.3. The third kappa shape index (κ3) is 4.19. The van der Waals surface area contributed by atoms with E-state index in [1.54, 1.807) is 18.6 Å². The van der Waals surface area contributed by atoms with Crippen molar-refractivity contribution in [1.29, 1.82) is 0 Å². The molecule has 1 saturated heterocycles. The van der Waals surface area contributed by atoms with Gasteiger partial charge in [0.1, 0.15) is 0 Å². The van der Waals surface area contributed by atoms with Gasteiger partial charge in [-0.2, -0.15) is 5.10 Å². The highest BCUT2D eigenvalue weighted by Gasteiger charge is 2.19. The first kappa shape index (κ1) is 15.7. The monoisotopic (exact) mass is 378 g/mol. The fraction of sp³-hybridized carbons (Fsp3) is 0.429. The van der Waals surface area contributed by atoms with E-state index in [-0.39, 0.29) is 0 Å². The zero-order chi connectivity index (χ0) is 16.1. The van der Waals surface area contributed by atoms with Crippen LogP contribution in [0, 0.1) is 0 Å². The van der Waals surface area contributed by atoms with Gasteiger partial charge in [-0.15, -0.1) is 0 Å². The summed E-state index contributed by atoms with van der Waals surface area (Å²) >= 11 is 3.37. The normalized spacial score (nSPS) is 16.0. The quantitative estimate of drug-likeness (QED) is 0.618. The average Bonchev–Trinajstić information content (AvgIpc) is 3.01. The van der Waals surface area contributed by atoms with Crippen molar-refractivity contribution in [3.05, 3.63) is 35.3 Å². The van der Waals surface area contributed by atoms with Crippen LogP contribution >= 0.6 is 15.9 Å². The van der Waals surface area contributed by atoms with Crippen molar-refractivity contribution >= 4 is 27.8 Å². The molecule has 2 aromatic heterocycles. The highest BCUT2D eigenvalue weighted by molar-refractivity contribution is 9.10. The molecular weight excluding hydrogens is 360 g/mol. The van der Waals surface area contributed by atoms with E-state index >= 15 is 0 Å². The van der Waals surface area contributed by atoms with Crippen LogP contribution in [-0.4, -0.2) is 63.3 Å². The highest BCUT2D eigenvalue weighted by atomic mass is 79.9. The van der Waals surface area contributed by atoms with Crippen molar-refractivity contribution in [2.45, 2.75) is 6.54 Å². The first-order valence-corrected chi connectivity index (χ1v) is 8.26. The molecule has 0 bridgehead atoms. The van der Waals surface area contributed by atoms with Gasteiger partial charge in [-0.05, 0) is 22.0 Å². The van der Waals surface area contributed by atoms with Crippen molar-refractivity contribution < 1.29 is 0 Å². The third-order valence-corrected chi connectivity index (χ3v) is 4.05. The Hall–Kier alpha value is -2.16. The fourth-order valence-corrected chi connectivity index (χ4v) is 2.75. The summed E-state index contributed by atoms with van der Waals surface area (Å²) in [5.41, 5.74) is 6.09. The Kier molecular flexibility index (Phi) is 5.06. The number of aliphatic imine (C=N–C) groups is 1. The van der Waals surface area contributed by atoms with Gasteiger partial charge in [-0.1, -0.05) is 0 Å². The van der Waals surface area contributed by atoms with E-state index in [4.69, 9.17) is 5.73 Å². The van der Waals surface area contributed by atoms with Gasteiger partial charge < -0.3 is 15.5 Å². The number of anilines is 1. The first-order chi connectivity index (χ1) is 11.2. The molecular formula is C14H19BrN8. The van der Waals surface area contributed by atoms with Crippen molar-refractivity contribution in [2.24, 2.45) is 10.7 Å². The van der Waals surface area contributed by atoms with E-state index < -0.39 is 0 Å². The molecule has 3 rings (SSSR count). The molecule has 0 spiro atoms. The van der Waals surface area contributed by atoms with E-state index in [0.29, 0.717) is 19.0 Å². The van der Waals surface area contributed by atoms with Crippen LogP contribution in [0.3, 0.4) is 0 Å². The van der Waals surface area contributed by atoms with Gasteiger partial charge in [-0.3, -0.25) is 9.67 Å². The number of hydrogen-bond acceptors (Lipinski definition) is 5. The van der Waals surface area contributed by atoms with Crippen molar-refractivity contribution in [3.63, 3.8) is 0 Å². The lowest BCUT2D eigenvalue weighted by molar-refractivity contribution is 0.377. The summed E-state index contributed by atoms with van der Waals surface area (Å²) in [6.45, 7) is 4.65. The number of hydrogen-bond donors (Lipinski definition) is 1. The molecule has 0 saturated carbocycles. The summed E-state index contributed by atoms with van der Waals surface area (Å²) in [6.07, 6.45) is 7.21. The van der Waals surface area contributed by atoms with E-state index in [9.17, 15) is 0 Å². The molecule has 0 unspecified atom stereocenters. The van der Waals surface area contributed by atoms with Gasteiger partial charge >= 0.3 is 0 Å². The molecule has 1 aliphatic heterocycles. The van der Waals surface area contributed by atoms with Crippen molar-refractivity contribution in [3.8, 4) is 0 Å². The molecule has 3 heterocycles. The maximum Gasteiger partial charge on any atom is 0.225 e. The molecule has 2 aromatic rings. The van der Waals surface area contributed by atoms with Gasteiger partial charge in [0.05, 0.1) is 23.8 Å². The molecule has 9 heteroatoms. The molecule has 0 amide bonds. The van der Waals surface area contributed by atoms with Crippen LogP contribution in [-0.2, 0) is 6.54 Å². The molecule has 0 atom stereocenters. The Morgan fingerprint density at radius 3 is 2.61 bits per heavy atom. The van der Waals surface area contributed by atoms with Crippen LogP contribution in [0.15, 0.2) is 40.3 Å². The summed E-state index contributed by atoms with van der Waals surface area (Å²) in [5.74, 6) is 1.36. The predicted molar refractivity (Wildman–Crippen MR) is 92.2 cm³/mol. The summed E-state index contributed by atoms with van der Waals surface area (Å²) in [6, 6.07) is 1.82. The van der Waals surface area contributed by atoms with E-state index in [0.717, 1.165) is 36.6 Å². The van der Waals surface area contributed by atoms with Gasteiger partial charge in [0.15, 0.2) is 5.96 Å². The lowest BCUT2D eigenvalue weighted by atomic mass is 10.3. The molecule has 23 heavy (non-hydrogen) atoms. The number of nitrogens with two attached hydrogens (primary N) is 1. The molecule has 122 valence electrons. The third-order valence-electron chi connectivity index (χ3n) is 3.64. The van der Waals surface area contributed by atoms with Crippen LogP contribution in [0.4, 0.5) is 5.95 Å². The lowest BCUT2D eigenvalue weighted by Crippen LogP contribution is -2.51. The molecule has 1 aliphatic rings. The van der Waals surface area contributed by atoms with E-state index in [2.05, 4.69) is 45.8 Å². The minimum absolute atomic E-state index is 0.588. The van der Waals surface area contributed by atoms with Crippen LogP contribution in [0.1, 0.15) is 0 Å². The molecule has 1 fully saturated rings. The number of nitrogens with zero attached hydrogens (tertiary/aromatic N) is 7. The second-order valence-corrected chi connectivity index (χ2v) is 6.10. The summed E-state index contributed by atoms with van der Waals surface area (Å²) in [5, 5.41) is 4.19. The Balaban J connectivity index is 1.47. The van der Waals surface area contributed by atoms with Gasteiger partial charge in [0.2, 0.25) is 5.95 Å². The maximum absolute atomic E-state index is 6.09. The lowest BCUT2D eigenvalue weighted by Gasteiger charge is -2.35. The second-order valence-electron chi connectivity index (χ2n) is 5.18. The number of rotatable bonds is 4. The second kappa shape index (κ2) is 7.40. The zero-order valence-corrected chi connectivity index (χ0v) is 14.3. The van der Waals surface area contributed by atoms with Crippen LogP contribution < -0.4 is 10.6 Å². The van der Waals surface area contributed by atoms with Crippen LogP contribution in [0.25, 0.3) is 0 Å². The minimum Gasteiger partial charge on any atom is -0.370 e. The molecule has 0 aromatic carbocycles.